The summed E-state index contributed by atoms with van der Waals surface area (Å²) in [5, 5.41) is 2.72. The van der Waals surface area contributed by atoms with Crippen LogP contribution in [-0.4, -0.2) is 46.4 Å². The van der Waals surface area contributed by atoms with Crippen LogP contribution in [0.3, 0.4) is 0 Å². The lowest BCUT2D eigenvalue weighted by molar-refractivity contribution is 0.0601. The lowest BCUT2D eigenvalue weighted by atomic mass is 10.1. The average molecular weight is 403 g/mol. The Morgan fingerprint density at radius 1 is 0.828 bits per heavy atom. The number of carbonyl (C=O) groups is 2. The van der Waals surface area contributed by atoms with E-state index in [9.17, 15) is 9.59 Å². The third-order valence-electron chi connectivity index (χ3n) is 3.98. The van der Waals surface area contributed by atoms with Gasteiger partial charge in [-0.05, 0) is 32.0 Å². The summed E-state index contributed by atoms with van der Waals surface area (Å²) in [4.78, 5) is 25.0. The molecular weight excluding hydrogens is 378 g/mol. The van der Waals surface area contributed by atoms with Crippen LogP contribution in [0.4, 0.5) is 5.69 Å². The zero-order valence-electron chi connectivity index (χ0n) is 17.2. The van der Waals surface area contributed by atoms with Crippen molar-refractivity contribution in [3.63, 3.8) is 0 Å². The monoisotopic (exact) mass is 403 g/mol. The number of carbonyl (C=O) groups excluding carboxylic acids is 2. The van der Waals surface area contributed by atoms with Crippen molar-refractivity contribution in [2.24, 2.45) is 0 Å². The molecule has 0 spiro atoms. The van der Waals surface area contributed by atoms with E-state index in [-0.39, 0.29) is 11.3 Å². The van der Waals surface area contributed by atoms with E-state index in [1.54, 1.807) is 18.2 Å². The highest BCUT2D eigenvalue weighted by atomic mass is 16.5. The van der Waals surface area contributed by atoms with Gasteiger partial charge in [0.1, 0.15) is 0 Å². The molecule has 1 amide bonds. The second kappa shape index (κ2) is 10.2. The van der Waals surface area contributed by atoms with Gasteiger partial charge in [-0.15, -0.1) is 0 Å². The molecule has 156 valence electrons. The number of hydrogen-bond acceptors (Lipinski definition) is 7. The highest BCUT2D eigenvalue weighted by Crippen LogP contribution is 2.34. The highest BCUT2D eigenvalue weighted by molar-refractivity contribution is 6.08. The van der Waals surface area contributed by atoms with Crippen LogP contribution < -0.4 is 24.3 Å². The van der Waals surface area contributed by atoms with E-state index in [1.165, 1.54) is 33.5 Å². The molecule has 0 unspecified atom stereocenters. The van der Waals surface area contributed by atoms with Gasteiger partial charge in [0.05, 0.1) is 45.8 Å². The van der Waals surface area contributed by atoms with Crippen LogP contribution in [0.15, 0.2) is 30.3 Å². The molecule has 0 heterocycles. The van der Waals surface area contributed by atoms with Gasteiger partial charge in [-0.2, -0.15) is 0 Å². The van der Waals surface area contributed by atoms with Crippen molar-refractivity contribution in [2.75, 3.05) is 39.9 Å². The maximum absolute atomic E-state index is 12.8. The molecule has 0 aromatic heterocycles. The van der Waals surface area contributed by atoms with Crippen LogP contribution in [0.5, 0.6) is 23.0 Å². The second-order valence-corrected chi connectivity index (χ2v) is 5.73. The molecule has 1 N–H and O–H groups in total. The van der Waals surface area contributed by atoms with Gasteiger partial charge in [0.2, 0.25) is 0 Å². The third-order valence-corrected chi connectivity index (χ3v) is 3.98. The van der Waals surface area contributed by atoms with Crippen molar-refractivity contribution in [3.05, 3.63) is 41.5 Å². The largest absolute Gasteiger partial charge is 0.493 e. The Kier molecular flexibility index (Phi) is 7.70. The quantitative estimate of drug-likeness (QED) is 0.640. The fourth-order valence-electron chi connectivity index (χ4n) is 2.65. The predicted octanol–water partition coefficient (Wildman–Crippen LogP) is 3.54. The molecule has 0 aliphatic rings. The number of methoxy groups -OCH3 is 3. The molecule has 29 heavy (non-hydrogen) atoms. The fourth-order valence-corrected chi connectivity index (χ4v) is 2.65. The first-order chi connectivity index (χ1) is 14.0. The fraction of sp³-hybridized carbons (Fsp3) is 0.333. The van der Waals surface area contributed by atoms with Crippen LogP contribution in [-0.2, 0) is 4.74 Å². The van der Waals surface area contributed by atoms with E-state index < -0.39 is 11.9 Å². The van der Waals surface area contributed by atoms with Crippen molar-refractivity contribution < 1.29 is 33.3 Å². The van der Waals surface area contributed by atoms with Gasteiger partial charge in [0.15, 0.2) is 23.0 Å². The van der Waals surface area contributed by atoms with Gasteiger partial charge in [0.25, 0.3) is 5.91 Å². The average Bonchev–Trinajstić information content (AvgIpc) is 2.74. The molecule has 0 saturated heterocycles. The van der Waals surface area contributed by atoms with Crippen molar-refractivity contribution in [2.45, 2.75) is 13.8 Å². The molecule has 2 rings (SSSR count). The number of amides is 1. The lowest BCUT2D eigenvalue weighted by Gasteiger charge is -2.15. The standard InChI is InChI=1S/C21H25NO7/c1-6-28-16-9-8-13(10-19(16)29-7-2)20(23)22-15-12-18(26-4)17(25-3)11-14(15)21(24)27-5/h8-12H,6-7H2,1-5H3,(H,22,23). The third kappa shape index (κ3) is 5.10. The summed E-state index contributed by atoms with van der Waals surface area (Å²) in [6.45, 7) is 4.60. The minimum Gasteiger partial charge on any atom is -0.493 e. The summed E-state index contributed by atoms with van der Waals surface area (Å²) in [6, 6.07) is 7.81. The lowest BCUT2D eigenvalue weighted by Crippen LogP contribution is -2.16. The summed E-state index contributed by atoms with van der Waals surface area (Å²) in [6.07, 6.45) is 0. The zero-order valence-corrected chi connectivity index (χ0v) is 17.2. The van der Waals surface area contributed by atoms with E-state index in [2.05, 4.69) is 5.32 Å². The maximum atomic E-state index is 12.8. The Balaban J connectivity index is 2.41. The molecule has 0 aliphatic carbocycles. The second-order valence-electron chi connectivity index (χ2n) is 5.73. The van der Waals surface area contributed by atoms with Crippen LogP contribution in [0.1, 0.15) is 34.6 Å². The first-order valence-electron chi connectivity index (χ1n) is 9.04. The smallest absolute Gasteiger partial charge is 0.340 e. The predicted molar refractivity (Wildman–Crippen MR) is 108 cm³/mol. The van der Waals surface area contributed by atoms with Gasteiger partial charge in [-0.25, -0.2) is 4.79 Å². The molecule has 0 atom stereocenters. The number of anilines is 1. The molecular formula is C21H25NO7. The Morgan fingerprint density at radius 3 is 2.03 bits per heavy atom. The number of rotatable bonds is 9. The molecule has 0 saturated carbocycles. The molecule has 0 fully saturated rings. The Hall–Kier alpha value is -3.42. The Bertz CT molecular complexity index is 880. The van der Waals surface area contributed by atoms with E-state index >= 15 is 0 Å². The Morgan fingerprint density at radius 2 is 1.45 bits per heavy atom. The van der Waals surface area contributed by atoms with Gasteiger partial charge in [0, 0.05) is 17.7 Å². The number of ether oxygens (including phenoxy) is 5. The SMILES string of the molecule is CCOc1ccc(C(=O)Nc2cc(OC)c(OC)cc2C(=O)OC)cc1OCC. The maximum Gasteiger partial charge on any atom is 0.340 e. The minimum absolute atomic E-state index is 0.134. The summed E-state index contributed by atoms with van der Waals surface area (Å²) >= 11 is 0. The summed E-state index contributed by atoms with van der Waals surface area (Å²) < 4.78 is 26.4. The van der Waals surface area contributed by atoms with E-state index in [0.29, 0.717) is 41.8 Å². The van der Waals surface area contributed by atoms with E-state index in [4.69, 9.17) is 23.7 Å². The first kappa shape index (κ1) is 21.9. The van der Waals surface area contributed by atoms with Crippen molar-refractivity contribution in [1.29, 1.82) is 0 Å². The Labute approximate surface area is 169 Å². The molecule has 8 heteroatoms. The zero-order chi connectivity index (χ0) is 21.4. The van der Waals surface area contributed by atoms with Gasteiger partial charge in [-0.3, -0.25) is 4.79 Å². The number of hydrogen-bond donors (Lipinski definition) is 1. The number of esters is 1. The van der Waals surface area contributed by atoms with Crippen LogP contribution in [0, 0.1) is 0 Å². The summed E-state index contributed by atoms with van der Waals surface area (Å²) in [5.41, 5.74) is 0.698. The van der Waals surface area contributed by atoms with Crippen LogP contribution in [0.2, 0.25) is 0 Å². The topological polar surface area (TPSA) is 92.3 Å². The van der Waals surface area contributed by atoms with Crippen molar-refractivity contribution in [1.82, 2.24) is 0 Å². The molecule has 0 radical (unpaired) electrons. The van der Waals surface area contributed by atoms with Crippen LogP contribution in [0.25, 0.3) is 0 Å². The first-order valence-corrected chi connectivity index (χ1v) is 9.04. The normalized spacial score (nSPS) is 10.1. The molecule has 0 bridgehead atoms. The van der Waals surface area contributed by atoms with Gasteiger partial charge >= 0.3 is 5.97 Å². The number of benzene rings is 2. The summed E-state index contributed by atoms with van der Waals surface area (Å²) in [7, 11) is 4.17. The molecule has 2 aromatic carbocycles. The van der Waals surface area contributed by atoms with Crippen molar-refractivity contribution >= 4 is 17.6 Å². The van der Waals surface area contributed by atoms with E-state index in [1.807, 2.05) is 13.8 Å². The van der Waals surface area contributed by atoms with Crippen LogP contribution >= 0.6 is 0 Å². The van der Waals surface area contributed by atoms with Crippen molar-refractivity contribution in [3.8, 4) is 23.0 Å². The molecule has 2 aromatic rings. The van der Waals surface area contributed by atoms with E-state index in [0.717, 1.165) is 0 Å². The highest BCUT2D eigenvalue weighted by Gasteiger charge is 2.20. The van der Waals surface area contributed by atoms with Gasteiger partial charge in [-0.1, -0.05) is 0 Å². The minimum atomic E-state index is -0.622. The number of nitrogens with one attached hydrogen (secondary N) is 1. The summed E-state index contributed by atoms with van der Waals surface area (Å²) in [5.74, 6) is 0.645. The molecule has 8 nitrogen and oxygen atoms in total. The molecule has 0 aliphatic heterocycles. The van der Waals surface area contributed by atoms with Gasteiger partial charge < -0.3 is 29.0 Å².